The van der Waals surface area contributed by atoms with Gasteiger partial charge in [-0.15, -0.1) is 0 Å². The standard InChI is InChI=1S/C6H11NO7/c7-6(14,1-8)4(11)2(9)3(10)5(12)13/h1-4,9-11,14H,7H2,(H,12,13)/t2-,3+,4+,6+/m1/s1/i/hD. The Bertz CT molecular complexity index is 250. The summed E-state index contributed by atoms with van der Waals surface area (Å²) in [5.41, 5.74) is -1.63. The molecule has 7 N–H and O–H groups in total. The van der Waals surface area contributed by atoms with E-state index in [-0.39, 0.29) is 6.29 Å². The molecule has 0 aliphatic carbocycles. The van der Waals surface area contributed by atoms with Crippen LogP contribution in [0.1, 0.15) is 0 Å². The van der Waals surface area contributed by atoms with Crippen molar-refractivity contribution >= 4 is 12.3 Å². The van der Waals surface area contributed by atoms with Crippen LogP contribution >= 0.6 is 0 Å². The van der Waals surface area contributed by atoms with Gasteiger partial charge in [0.05, 0.1) is 0 Å². The number of hydrogen-bond donors (Lipinski definition) is 6. The predicted molar refractivity (Wildman–Crippen MR) is 40.9 cm³/mol. The molecule has 0 saturated heterocycles. The highest BCUT2D eigenvalue weighted by Crippen LogP contribution is 2.09. The summed E-state index contributed by atoms with van der Waals surface area (Å²) in [5.74, 6) is -1.85. The Morgan fingerprint density at radius 2 is 2.00 bits per heavy atom. The molecule has 0 radical (unpaired) electrons. The molecule has 4 atom stereocenters. The third-order valence-electron chi connectivity index (χ3n) is 1.53. The van der Waals surface area contributed by atoms with Gasteiger partial charge in [0.2, 0.25) is 0 Å². The zero-order chi connectivity index (χ0) is 12.2. The monoisotopic (exact) mass is 210 g/mol. The lowest BCUT2D eigenvalue weighted by Crippen LogP contribution is -2.60. The third kappa shape index (κ3) is 2.72. The zero-order valence-corrected chi connectivity index (χ0v) is 6.86. The van der Waals surface area contributed by atoms with Gasteiger partial charge in [-0.25, -0.2) is 4.79 Å². The van der Waals surface area contributed by atoms with Crippen molar-refractivity contribution in [2.75, 3.05) is 0 Å². The van der Waals surface area contributed by atoms with Gasteiger partial charge in [-0.2, -0.15) is 0 Å². The Kier molecular flexibility index (Phi) is 3.49. The van der Waals surface area contributed by atoms with E-state index in [0.29, 0.717) is 0 Å². The number of nitrogens with two attached hydrogens (primary N) is 1. The van der Waals surface area contributed by atoms with Crippen LogP contribution in [0.2, 0.25) is 1.41 Å². The molecule has 0 aromatic carbocycles. The first-order valence-corrected chi connectivity index (χ1v) is 3.44. The number of aliphatic hydroxyl groups excluding tert-OH is 3. The molecule has 0 amide bonds. The quantitative estimate of drug-likeness (QED) is 0.191. The minimum atomic E-state index is -2.85. The molecule has 8 nitrogen and oxygen atoms in total. The van der Waals surface area contributed by atoms with E-state index in [1.54, 1.807) is 0 Å². The average molecular weight is 210 g/mol. The van der Waals surface area contributed by atoms with Crippen LogP contribution in [-0.2, 0) is 9.59 Å². The maximum absolute atomic E-state index is 10.3. The lowest BCUT2D eigenvalue weighted by atomic mass is 9.99. The summed E-state index contributed by atoms with van der Waals surface area (Å²) in [5, 5.41) is 44.3. The SMILES string of the molecule is [2H]N[C@](O)(C=O)[C@@H](O)[C@H](O)[C@H](O)C(=O)O. The molecule has 14 heavy (non-hydrogen) atoms. The normalized spacial score (nSPS) is 22.7. The first-order chi connectivity index (χ1) is 6.80. The van der Waals surface area contributed by atoms with Gasteiger partial charge in [-0.05, 0) is 0 Å². The third-order valence-corrected chi connectivity index (χ3v) is 1.53. The number of rotatable bonds is 6. The fourth-order valence-corrected chi connectivity index (χ4v) is 0.649. The molecule has 0 aliphatic rings. The maximum atomic E-state index is 10.3. The van der Waals surface area contributed by atoms with Gasteiger partial charge in [0.1, 0.15) is 13.6 Å². The van der Waals surface area contributed by atoms with E-state index < -0.39 is 30.0 Å². The van der Waals surface area contributed by atoms with Gasteiger partial charge < -0.3 is 25.5 Å². The molecule has 0 unspecified atom stereocenters. The van der Waals surface area contributed by atoms with Gasteiger partial charge in [-0.1, -0.05) is 0 Å². The van der Waals surface area contributed by atoms with E-state index in [2.05, 4.69) is 0 Å². The second-order valence-corrected chi connectivity index (χ2v) is 2.66. The maximum Gasteiger partial charge on any atom is 0.335 e. The summed E-state index contributed by atoms with van der Waals surface area (Å²) in [4.78, 5) is 20.5. The molecule has 0 saturated carbocycles. The Hall–Kier alpha value is -1.06. The van der Waals surface area contributed by atoms with Crippen LogP contribution in [0, 0.1) is 0 Å². The molecule has 82 valence electrons. The summed E-state index contributed by atoms with van der Waals surface area (Å²) in [6.45, 7) is 0. The number of aliphatic hydroxyl groups is 4. The topological polar surface area (TPSA) is 161 Å². The largest absolute Gasteiger partial charge is 0.479 e. The van der Waals surface area contributed by atoms with Gasteiger partial charge >= 0.3 is 5.97 Å². The molecule has 0 aromatic heterocycles. The van der Waals surface area contributed by atoms with E-state index in [1.807, 2.05) is 0 Å². The summed E-state index contributed by atoms with van der Waals surface area (Å²) in [6, 6.07) is 0. The van der Waals surface area contributed by atoms with Gasteiger partial charge in [-0.3, -0.25) is 10.5 Å². The van der Waals surface area contributed by atoms with E-state index in [9.17, 15) is 9.59 Å². The molecular formula is C6H11NO7. The van der Waals surface area contributed by atoms with Crippen molar-refractivity contribution in [2.45, 2.75) is 24.0 Å². The first-order valence-electron chi connectivity index (χ1n) is 3.94. The van der Waals surface area contributed by atoms with E-state index >= 15 is 0 Å². The molecule has 8 heteroatoms. The number of carbonyl (C=O) groups excluding carboxylic acids is 1. The van der Waals surface area contributed by atoms with Crippen LogP contribution in [-0.4, -0.2) is 61.8 Å². The van der Waals surface area contributed by atoms with Gasteiger partial charge in [0, 0.05) is 0 Å². The lowest BCUT2D eigenvalue weighted by Gasteiger charge is -2.28. The Morgan fingerprint density at radius 1 is 1.50 bits per heavy atom. The number of aliphatic carboxylic acids is 1. The highest BCUT2D eigenvalue weighted by Gasteiger charge is 2.41. The van der Waals surface area contributed by atoms with E-state index in [0.717, 1.165) is 0 Å². The van der Waals surface area contributed by atoms with Crippen molar-refractivity contribution in [1.82, 2.24) is 0 Å². The van der Waals surface area contributed by atoms with Crippen LogP contribution in [0.4, 0.5) is 0 Å². The summed E-state index contributed by atoms with van der Waals surface area (Å²) >= 11 is 0. The summed E-state index contributed by atoms with van der Waals surface area (Å²) in [7, 11) is 0. The minimum Gasteiger partial charge on any atom is -0.479 e. The first kappa shape index (κ1) is 11.0. The summed E-state index contributed by atoms with van der Waals surface area (Å²) < 4.78 is 6.50. The van der Waals surface area contributed by atoms with Crippen LogP contribution < -0.4 is 5.73 Å². The lowest BCUT2D eigenvalue weighted by molar-refractivity contribution is -0.175. The fourth-order valence-electron chi connectivity index (χ4n) is 0.649. The van der Waals surface area contributed by atoms with Crippen molar-refractivity contribution in [3.63, 3.8) is 0 Å². The molecular weight excluding hydrogens is 198 g/mol. The molecule has 0 rings (SSSR count). The Morgan fingerprint density at radius 3 is 2.29 bits per heavy atom. The molecule has 0 fully saturated rings. The number of carboxylic acids is 1. The zero-order valence-electron chi connectivity index (χ0n) is 7.86. The van der Waals surface area contributed by atoms with Gasteiger partial charge in [0.25, 0.3) is 0 Å². The van der Waals surface area contributed by atoms with E-state index in [4.69, 9.17) is 26.9 Å². The van der Waals surface area contributed by atoms with Gasteiger partial charge in [0.15, 0.2) is 18.1 Å². The van der Waals surface area contributed by atoms with Crippen molar-refractivity contribution in [2.24, 2.45) is 5.73 Å². The molecule has 0 spiro atoms. The minimum absolute atomic E-state index is 0.303. The molecule has 0 aliphatic heterocycles. The Balaban J connectivity index is 4.76. The second-order valence-electron chi connectivity index (χ2n) is 2.66. The average Bonchev–Trinajstić information content (AvgIpc) is 2.24. The fraction of sp³-hybridized carbons (Fsp3) is 0.667. The second kappa shape index (κ2) is 4.44. The Labute approximate surface area is 79.7 Å². The molecule has 0 heterocycles. The van der Waals surface area contributed by atoms with Crippen molar-refractivity contribution < 1.29 is 36.5 Å². The number of aldehydes is 1. The van der Waals surface area contributed by atoms with Crippen LogP contribution in [0.5, 0.6) is 0 Å². The highest BCUT2D eigenvalue weighted by atomic mass is 16.4. The van der Waals surface area contributed by atoms with Crippen LogP contribution in [0.25, 0.3) is 0 Å². The number of carboxylic acid groups (broad SMARTS) is 1. The highest BCUT2D eigenvalue weighted by molar-refractivity contribution is 5.73. The number of hydrogen-bond acceptors (Lipinski definition) is 7. The molecule has 0 bridgehead atoms. The van der Waals surface area contributed by atoms with Crippen molar-refractivity contribution in [3.05, 3.63) is 0 Å². The number of carbonyl (C=O) groups is 2. The predicted octanol–water partition coefficient (Wildman–Crippen LogP) is -4.00. The van der Waals surface area contributed by atoms with Crippen LogP contribution in [0.3, 0.4) is 0 Å². The van der Waals surface area contributed by atoms with Crippen LogP contribution in [0.15, 0.2) is 0 Å². The van der Waals surface area contributed by atoms with E-state index in [1.165, 1.54) is 5.73 Å². The molecule has 0 aromatic rings. The van der Waals surface area contributed by atoms with Crippen molar-refractivity contribution in [1.29, 1.82) is 0 Å². The smallest absolute Gasteiger partial charge is 0.335 e. The summed E-state index contributed by atoms with van der Waals surface area (Å²) in [6.07, 6.45) is -7.38. The van der Waals surface area contributed by atoms with Crippen molar-refractivity contribution in [3.8, 4) is 0 Å².